The first-order valence-corrected chi connectivity index (χ1v) is 7.57. The van der Waals surface area contributed by atoms with Crippen molar-refractivity contribution in [1.29, 1.82) is 0 Å². The molecule has 6 nitrogen and oxygen atoms in total. The Kier molecular flexibility index (Phi) is 4.09. The summed E-state index contributed by atoms with van der Waals surface area (Å²) in [5.41, 5.74) is 2.51. The van der Waals surface area contributed by atoms with Crippen molar-refractivity contribution in [2.75, 3.05) is 19.8 Å². The van der Waals surface area contributed by atoms with Crippen LogP contribution in [-0.2, 0) is 9.53 Å². The molecule has 1 aromatic carbocycles. The molecular weight excluding hydrogens is 298 g/mol. The predicted octanol–water partition coefficient (Wildman–Crippen LogP) is 2.37. The molecule has 1 atom stereocenters. The van der Waals surface area contributed by atoms with Crippen LogP contribution in [0.3, 0.4) is 0 Å². The number of fused-ring (bicyclic) bond motifs is 1. The highest BCUT2D eigenvalue weighted by Crippen LogP contribution is 2.28. The zero-order valence-electron chi connectivity index (χ0n) is 13.2. The monoisotopic (exact) mass is 317 g/mol. The number of morpholine rings is 1. The number of benzene rings is 1. The van der Waals surface area contributed by atoms with Gasteiger partial charge in [-0.3, -0.25) is 9.59 Å². The van der Waals surface area contributed by atoms with Gasteiger partial charge in [-0.1, -0.05) is 12.1 Å². The average Bonchev–Trinajstić information content (AvgIpc) is 2.83. The van der Waals surface area contributed by atoms with Crippen LogP contribution in [0.25, 0.3) is 11.0 Å². The summed E-state index contributed by atoms with van der Waals surface area (Å²) in [6, 6.07) is 5.34. The van der Waals surface area contributed by atoms with E-state index < -0.39 is 12.0 Å². The van der Waals surface area contributed by atoms with Crippen molar-refractivity contribution >= 4 is 22.8 Å². The van der Waals surface area contributed by atoms with Gasteiger partial charge >= 0.3 is 5.97 Å². The highest BCUT2D eigenvalue weighted by Gasteiger charge is 2.32. The fraction of sp³-hybridized carbons (Fsp3) is 0.412. The van der Waals surface area contributed by atoms with Gasteiger partial charge < -0.3 is 19.2 Å². The Balaban J connectivity index is 1.95. The molecule has 0 unspecified atom stereocenters. The zero-order chi connectivity index (χ0) is 16.6. The number of carboxylic acids is 1. The van der Waals surface area contributed by atoms with E-state index in [2.05, 4.69) is 0 Å². The molecule has 1 amide bonds. The summed E-state index contributed by atoms with van der Waals surface area (Å²) < 4.78 is 11.1. The molecule has 1 aliphatic heterocycles. The highest BCUT2D eigenvalue weighted by molar-refractivity contribution is 5.99. The SMILES string of the molecule is Cc1ccc2c(C)c(C(=O)N3CCOC[C@@H]3CC(=O)O)oc2c1. The third kappa shape index (κ3) is 2.94. The molecule has 122 valence electrons. The molecular formula is C17H19NO5. The maximum absolute atomic E-state index is 12.9. The molecule has 1 aromatic heterocycles. The summed E-state index contributed by atoms with van der Waals surface area (Å²) in [6.45, 7) is 4.81. The van der Waals surface area contributed by atoms with Crippen LogP contribution < -0.4 is 0 Å². The quantitative estimate of drug-likeness (QED) is 0.940. The number of hydrogen-bond donors (Lipinski definition) is 1. The highest BCUT2D eigenvalue weighted by atomic mass is 16.5. The number of ether oxygens (including phenoxy) is 1. The number of carbonyl (C=O) groups excluding carboxylic acids is 1. The van der Waals surface area contributed by atoms with Gasteiger partial charge in [0.1, 0.15) is 5.58 Å². The van der Waals surface area contributed by atoms with Crippen LogP contribution in [0.4, 0.5) is 0 Å². The lowest BCUT2D eigenvalue weighted by atomic mass is 10.1. The van der Waals surface area contributed by atoms with Gasteiger partial charge in [0.05, 0.1) is 25.7 Å². The van der Waals surface area contributed by atoms with Crippen LogP contribution in [0, 0.1) is 13.8 Å². The number of aryl methyl sites for hydroxylation is 2. The van der Waals surface area contributed by atoms with E-state index in [4.69, 9.17) is 14.3 Å². The maximum atomic E-state index is 12.9. The molecule has 1 aliphatic rings. The fourth-order valence-corrected chi connectivity index (χ4v) is 2.96. The second-order valence-electron chi connectivity index (χ2n) is 5.88. The average molecular weight is 317 g/mol. The maximum Gasteiger partial charge on any atom is 0.305 e. The Morgan fingerprint density at radius 3 is 2.87 bits per heavy atom. The Bertz CT molecular complexity index is 764. The van der Waals surface area contributed by atoms with Gasteiger partial charge in [-0.2, -0.15) is 0 Å². The van der Waals surface area contributed by atoms with Gasteiger partial charge in [0.25, 0.3) is 5.91 Å². The standard InChI is InChI=1S/C17H19NO5/c1-10-3-4-13-11(2)16(23-14(13)7-10)17(21)18-5-6-22-9-12(18)8-15(19)20/h3-4,7,12H,5-6,8-9H2,1-2H3,(H,19,20)/t12-/m0/s1. The summed E-state index contributed by atoms with van der Waals surface area (Å²) in [5.74, 6) is -0.941. The van der Waals surface area contributed by atoms with E-state index in [0.29, 0.717) is 18.7 Å². The molecule has 1 N–H and O–H groups in total. The molecule has 2 heterocycles. The summed E-state index contributed by atoms with van der Waals surface area (Å²) >= 11 is 0. The van der Waals surface area contributed by atoms with Gasteiger partial charge in [-0.15, -0.1) is 0 Å². The minimum atomic E-state index is -0.949. The number of hydrogen-bond acceptors (Lipinski definition) is 4. The lowest BCUT2D eigenvalue weighted by Gasteiger charge is -2.34. The van der Waals surface area contributed by atoms with Crippen LogP contribution in [0.15, 0.2) is 22.6 Å². The van der Waals surface area contributed by atoms with Gasteiger partial charge in [0, 0.05) is 17.5 Å². The van der Waals surface area contributed by atoms with Crippen molar-refractivity contribution in [3.8, 4) is 0 Å². The summed E-state index contributed by atoms with van der Waals surface area (Å²) in [5, 5.41) is 9.92. The first-order chi connectivity index (χ1) is 11.0. The number of nitrogens with zero attached hydrogens (tertiary/aromatic N) is 1. The van der Waals surface area contributed by atoms with Crippen molar-refractivity contribution in [1.82, 2.24) is 4.90 Å². The first-order valence-electron chi connectivity index (χ1n) is 7.57. The number of furan rings is 1. The molecule has 1 saturated heterocycles. The van der Waals surface area contributed by atoms with Crippen molar-refractivity contribution in [2.45, 2.75) is 26.3 Å². The molecule has 23 heavy (non-hydrogen) atoms. The molecule has 0 bridgehead atoms. The van der Waals surface area contributed by atoms with Crippen LogP contribution in [-0.4, -0.2) is 47.7 Å². The molecule has 2 aromatic rings. The van der Waals surface area contributed by atoms with E-state index in [1.54, 1.807) is 4.90 Å². The molecule has 3 rings (SSSR count). The smallest absolute Gasteiger partial charge is 0.305 e. The number of rotatable bonds is 3. The fourth-order valence-electron chi connectivity index (χ4n) is 2.96. The third-order valence-electron chi connectivity index (χ3n) is 4.19. The Labute approximate surface area is 133 Å². The number of carbonyl (C=O) groups is 2. The van der Waals surface area contributed by atoms with E-state index in [-0.39, 0.29) is 24.7 Å². The molecule has 0 aliphatic carbocycles. The van der Waals surface area contributed by atoms with Crippen LogP contribution in [0.1, 0.15) is 28.1 Å². The van der Waals surface area contributed by atoms with Crippen LogP contribution in [0.5, 0.6) is 0 Å². The number of amides is 1. The van der Waals surface area contributed by atoms with E-state index in [1.807, 2.05) is 32.0 Å². The van der Waals surface area contributed by atoms with Gasteiger partial charge in [-0.05, 0) is 25.5 Å². The first kappa shape index (κ1) is 15.6. The summed E-state index contributed by atoms with van der Waals surface area (Å²) in [6.07, 6.45) is -0.135. The minimum Gasteiger partial charge on any atom is -0.481 e. The van der Waals surface area contributed by atoms with E-state index in [0.717, 1.165) is 16.5 Å². The summed E-state index contributed by atoms with van der Waals surface area (Å²) in [4.78, 5) is 25.4. The normalized spacial score (nSPS) is 18.3. The van der Waals surface area contributed by atoms with Gasteiger partial charge in [0.15, 0.2) is 5.76 Å². The largest absolute Gasteiger partial charge is 0.481 e. The lowest BCUT2D eigenvalue weighted by molar-refractivity contribution is -0.139. The topological polar surface area (TPSA) is 80.0 Å². The zero-order valence-corrected chi connectivity index (χ0v) is 13.2. The van der Waals surface area contributed by atoms with Crippen molar-refractivity contribution in [2.24, 2.45) is 0 Å². The van der Waals surface area contributed by atoms with Crippen molar-refractivity contribution in [3.05, 3.63) is 35.1 Å². The lowest BCUT2D eigenvalue weighted by Crippen LogP contribution is -2.49. The number of aliphatic carboxylic acids is 1. The third-order valence-corrected chi connectivity index (χ3v) is 4.19. The Morgan fingerprint density at radius 2 is 2.13 bits per heavy atom. The minimum absolute atomic E-state index is 0.135. The molecule has 6 heteroatoms. The second-order valence-corrected chi connectivity index (χ2v) is 5.88. The van der Waals surface area contributed by atoms with Crippen LogP contribution >= 0.6 is 0 Å². The predicted molar refractivity (Wildman–Crippen MR) is 83.6 cm³/mol. The number of carboxylic acid groups (broad SMARTS) is 1. The molecule has 0 saturated carbocycles. The Hall–Kier alpha value is -2.34. The van der Waals surface area contributed by atoms with Crippen molar-refractivity contribution in [3.63, 3.8) is 0 Å². The van der Waals surface area contributed by atoms with Gasteiger partial charge in [-0.25, -0.2) is 0 Å². The van der Waals surface area contributed by atoms with Crippen molar-refractivity contribution < 1.29 is 23.8 Å². The Morgan fingerprint density at radius 1 is 1.35 bits per heavy atom. The van der Waals surface area contributed by atoms with Gasteiger partial charge in [0.2, 0.25) is 0 Å². The summed E-state index contributed by atoms with van der Waals surface area (Å²) in [7, 11) is 0. The van der Waals surface area contributed by atoms with E-state index >= 15 is 0 Å². The second kappa shape index (κ2) is 6.04. The van der Waals surface area contributed by atoms with Crippen LogP contribution in [0.2, 0.25) is 0 Å². The molecule has 0 radical (unpaired) electrons. The molecule has 0 spiro atoms. The molecule has 1 fully saturated rings. The van der Waals surface area contributed by atoms with E-state index in [9.17, 15) is 9.59 Å². The van der Waals surface area contributed by atoms with E-state index in [1.165, 1.54) is 0 Å².